The summed E-state index contributed by atoms with van der Waals surface area (Å²) < 4.78 is 12.9. The van der Waals surface area contributed by atoms with Gasteiger partial charge in [0.05, 0.1) is 22.1 Å². The fraction of sp³-hybridized carbons (Fsp3) is 0. The molecule has 0 saturated heterocycles. The first-order valence-corrected chi connectivity index (χ1v) is 16.0. The fourth-order valence-corrected chi connectivity index (χ4v) is 8.06. The van der Waals surface area contributed by atoms with Crippen LogP contribution in [0.3, 0.4) is 0 Å². The van der Waals surface area contributed by atoms with Crippen LogP contribution in [0.15, 0.2) is 160 Å². The van der Waals surface area contributed by atoms with Gasteiger partial charge in [-0.1, -0.05) is 103 Å². The molecule has 3 heteroatoms. The zero-order valence-electron chi connectivity index (χ0n) is 25.2. The number of furan rings is 2. The average Bonchev–Trinajstić information content (AvgIpc) is 3.70. The third-order valence-corrected chi connectivity index (χ3v) is 9.95. The molecule has 11 rings (SSSR count). The van der Waals surface area contributed by atoms with Crippen molar-refractivity contribution in [1.82, 2.24) is 0 Å². The standard InChI is InChI=1S/C44H25NO2/c1-3-20-37-32(13-1)43-35(18-8-22-39(43)46-37)45(36-19-9-23-40-44(36)33-14-2-4-21-38(33)47-40)28-24-27-12-7-16-30-29-15-5-10-26-11-6-17-31(41(26)29)34(25-28)42(27)30/h1-25H. The van der Waals surface area contributed by atoms with Gasteiger partial charge in [0.25, 0.3) is 0 Å². The van der Waals surface area contributed by atoms with E-state index in [2.05, 4.69) is 132 Å². The summed E-state index contributed by atoms with van der Waals surface area (Å²) >= 11 is 0. The number of rotatable bonds is 3. The summed E-state index contributed by atoms with van der Waals surface area (Å²) in [4.78, 5) is 2.41. The van der Waals surface area contributed by atoms with E-state index in [9.17, 15) is 0 Å². The van der Waals surface area contributed by atoms with E-state index in [4.69, 9.17) is 8.83 Å². The van der Waals surface area contributed by atoms with Gasteiger partial charge in [-0.15, -0.1) is 0 Å². The van der Waals surface area contributed by atoms with Gasteiger partial charge < -0.3 is 13.7 Å². The molecule has 0 aliphatic heterocycles. The third-order valence-electron chi connectivity index (χ3n) is 9.95. The predicted octanol–water partition coefficient (Wildman–Crippen LogP) is 13.0. The normalized spacial score (nSPS) is 12.3. The van der Waals surface area contributed by atoms with Crippen molar-refractivity contribution in [3.8, 4) is 0 Å². The lowest BCUT2D eigenvalue weighted by molar-refractivity contribution is 0.668. The molecular formula is C44H25NO2. The lowest BCUT2D eigenvalue weighted by Crippen LogP contribution is -2.11. The van der Waals surface area contributed by atoms with E-state index in [1.54, 1.807) is 0 Å². The number of fused-ring (bicyclic) bond motifs is 8. The van der Waals surface area contributed by atoms with Crippen molar-refractivity contribution < 1.29 is 8.83 Å². The number of benzene rings is 9. The van der Waals surface area contributed by atoms with Gasteiger partial charge in [-0.3, -0.25) is 0 Å². The summed E-state index contributed by atoms with van der Waals surface area (Å²) in [5.74, 6) is 0. The van der Waals surface area contributed by atoms with Crippen LogP contribution < -0.4 is 4.90 Å². The highest BCUT2D eigenvalue weighted by atomic mass is 16.3. The van der Waals surface area contributed by atoms with Gasteiger partial charge in [-0.25, -0.2) is 0 Å². The highest BCUT2D eigenvalue weighted by molar-refractivity contribution is 6.33. The highest BCUT2D eigenvalue weighted by Crippen LogP contribution is 2.49. The van der Waals surface area contributed by atoms with Crippen LogP contribution in [-0.2, 0) is 0 Å². The lowest BCUT2D eigenvalue weighted by atomic mass is 9.89. The minimum Gasteiger partial charge on any atom is -0.456 e. The van der Waals surface area contributed by atoms with E-state index in [0.29, 0.717) is 0 Å². The Morgan fingerprint density at radius 3 is 1.36 bits per heavy atom. The number of nitrogens with zero attached hydrogens (tertiary/aromatic N) is 1. The van der Waals surface area contributed by atoms with E-state index in [0.717, 1.165) is 60.9 Å². The van der Waals surface area contributed by atoms with E-state index >= 15 is 0 Å². The van der Waals surface area contributed by atoms with Crippen LogP contribution in [0.1, 0.15) is 0 Å². The molecule has 0 radical (unpaired) electrons. The van der Waals surface area contributed by atoms with Crippen LogP contribution in [0.4, 0.5) is 17.1 Å². The van der Waals surface area contributed by atoms with E-state index in [1.165, 1.54) is 43.1 Å². The molecule has 218 valence electrons. The van der Waals surface area contributed by atoms with Gasteiger partial charge >= 0.3 is 0 Å². The molecule has 9 aromatic carbocycles. The molecule has 0 saturated carbocycles. The minimum absolute atomic E-state index is 0.862. The Bertz CT molecular complexity index is 2920. The average molecular weight is 600 g/mol. The summed E-state index contributed by atoms with van der Waals surface area (Å²) in [6, 6.07) is 54.2. The van der Waals surface area contributed by atoms with Crippen LogP contribution in [0.5, 0.6) is 0 Å². The summed E-state index contributed by atoms with van der Waals surface area (Å²) in [6.07, 6.45) is 0. The molecule has 0 aliphatic carbocycles. The van der Waals surface area contributed by atoms with E-state index in [1.807, 2.05) is 24.3 Å². The molecule has 0 atom stereocenters. The Kier molecular flexibility index (Phi) is 4.84. The van der Waals surface area contributed by atoms with Crippen molar-refractivity contribution in [1.29, 1.82) is 0 Å². The Morgan fingerprint density at radius 2 is 0.766 bits per heavy atom. The minimum atomic E-state index is 0.862. The Balaban J connectivity index is 1.33. The van der Waals surface area contributed by atoms with Gasteiger partial charge in [0.15, 0.2) is 0 Å². The Hall–Kier alpha value is -6.32. The van der Waals surface area contributed by atoms with Crippen molar-refractivity contribution in [2.45, 2.75) is 0 Å². The molecule has 2 heterocycles. The number of anilines is 3. The van der Waals surface area contributed by atoms with Crippen LogP contribution in [-0.4, -0.2) is 0 Å². The highest BCUT2D eigenvalue weighted by Gasteiger charge is 2.24. The number of hydrogen-bond acceptors (Lipinski definition) is 3. The van der Waals surface area contributed by atoms with Crippen molar-refractivity contribution >= 4 is 104 Å². The van der Waals surface area contributed by atoms with Crippen molar-refractivity contribution in [3.05, 3.63) is 152 Å². The summed E-state index contributed by atoms with van der Waals surface area (Å²) in [6.45, 7) is 0. The van der Waals surface area contributed by atoms with Gasteiger partial charge in [0, 0.05) is 16.5 Å². The topological polar surface area (TPSA) is 29.5 Å². The summed E-state index contributed by atoms with van der Waals surface area (Å²) in [5.41, 5.74) is 6.68. The predicted molar refractivity (Wildman–Crippen MR) is 197 cm³/mol. The third kappa shape index (κ3) is 3.35. The molecule has 0 amide bonds. The second-order valence-corrected chi connectivity index (χ2v) is 12.4. The molecule has 3 nitrogen and oxygen atoms in total. The molecule has 0 N–H and O–H groups in total. The fourth-order valence-electron chi connectivity index (χ4n) is 8.06. The Morgan fingerprint density at radius 1 is 0.319 bits per heavy atom. The molecule has 11 aromatic rings. The molecule has 47 heavy (non-hydrogen) atoms. The summed E-state index contributed by atoms with van der Waals surface area (Å²) in [5, 5.41) is 14.5. The first-order chi connectivity index (χ1) is 23.3. The maximum Gasteiger partial charge on any atom is 0.137 e. The SMILES string of the molecule is c1ccc2c(c1)oc1cccc(N(c3cc4cccc5c6cccc7cccc(c(c3)c45)c76)c3cccc4oc5ccccc5c34)c12. The van der Waals surface area contributed by atoms with Crippen LogP contribution in [0.25, 0.3) is 87.0 Å². The smallest absolute Gasteiger partial charge is 0.137 e. The molecule has 0 bridgehead atoms. The van der Waals surface area contributed by atoms with Crippen molar-refractivity contribution in [2.75, 3.05) is 4.90 Å². The Labute approximate surface area is 268 Å². The number of hydrogen-bond donors (Lipinski definition) is 0. The van der Waals surface area contributed by atoms with Gasteiger partial charge in [-0.05, 0) is 91.6 Å². The van der Waals surface area contributed by atoms with Crippen molar-refractivity contribution in [3.63, 3.8) is 0 Å². The van der Waals surface area contributed by atoms with E-state index in [-0.39, 0.29) is 0 Å². The second kappa shape index (κ2) is 9.12. The lowest BCUT2D eigenvalue weighted by Gasteiger charge is -2.28. The van der Waals surface area contributed by atoms with Crippen LogP contribution in [0, 0.1) is 0 Å². The molecule has 0 fully saturated rings. The molecule has 2 aromatic heterocycles. The second-order valence-electron chi connectivity index (χ2n) is 12.4. The van der Waals surface area contributed by atoms with Crippen LogP contribution >= 0.6 is 0 Å². The first kappa shape index (κ1) is 24.9. The zero-order chi connectivity index (χ0) is 30.6. The maximum absolute atomic E-state index is 6.43. The maximum atomic E-state index is 6.43. The van der Waals surface area contributed by atoms with Gasteiger partial charge in [0.2, 0.25) is 0 Å². The largest absolute Gasteiger partial charge is 0.456 e. The van der Waals surface area contributed by atoms with Gasteiger partial charge in [-0.2, -0.15) is 0 Å². The van der Waals surface area contributed by atoms with Crippen LogP contribution in [0.2, 0.25) is 0 Å². The van der Waals surface area contributed by atoms with Crippen molar-refractivity contribution in [2.24, 2.45) is 0 Å². The zero-order valence-corrected chi connectivity index (χ0v) is 25.2. The molecule has 0 spiro atoms. The quantitative estimate of drug-likeness (QED) is 0.149. The number of para-hydroxylation sites is 2. The molecule has 0 aliphatic rings. The summed E-state index contributed by atoms with van der Waals surface area (Å²) in [7, 11) is 0. The molecule has 0 unspecified atom stereocenters. The monoisotopic (exact) mass is 599 g/mol. The van der Waals surface area contributed by atoms with E-state index < -0.39 is 0 Å². The van der Waals surface area contributed by atoms with Gasteiger partial charge in [0.1, 0.15) is 22.3 Å². The first-order valence-electron chi connectivity index (χ1n) is 16.0. The molecular weight excluding hydrogens is 574 g/mol.